The Morgan fingerprint density at radius 3 is 1.74 bits per heavy atom. The molecule has 1 radical (unpaired) electrons. The Hall–Kier alpha value is -0.360. The molecular weight excluding hydrogens is 277 g/mol. The number of aliphatic carboxylic acids is 1. The normalized spacial score (nSPS) is 9.05. The second kappa shape index (κ2) is 17.6. The van der Waals surface area contributed by atoms with Gasteiger partial charge in [-0.1, -0.05) is 38.5 Å². The number of hydrogen-bond acceptors (Lipinski definition) is 2. The third-order valence-electron chi connectivity index (χ3n) is 2.64. The fourth-order valence-electron chi connectivity index (χ4n) is 1.69. The van der Waals surface area contributed by atoms with Gasteiger partial charge in [0.2, 0.25) is 0 Å². The van der Waals surface area contributed by atoms with Crippen LogP contribution < -0.4 is 5.32 Å². The molecule has 0 aromatic heterocycles. The van der Waals surface area contributed by atoms with Crippen molar-refractivity contribution in [3.8, 4) is 0 Å². The molecule has 0 saturated heterocycles. The molecular formula is C13H26N2O3Sc-2. The zero-order chi connectivity index (χ0) is 12.9. The van der Waals surface area contributed by atoms with Gasteiger partial charge in [0, 0.05) is 38.8 Å². The molecule has 0 unspecified atom stereocenters. The van der Waals surface area contributed by atoms with Crippen LogP contribution in [0.25, 0.3) is 6.15 Å². The van der Waals surface area contributed by atoms with Crippen molar-refractivity contribution in [3.05, 3.63) is 13.1 Å². The van der Waals surface area contributed by atoms with E-state index in [0.717, 1.165) is 38.6 Å². The Kier molecular flexibility index (Phi) is 22.0. The van der Waals surface area contributed by atoms with Crippen LogP contribution >= 0.6 is 0 Å². The molecule has 111 valence electrons. The molecule has 0 aliphatic carbocycles. The molecule has 0 aromatic rings. The SMILES string of the molecule is [CH2-]C(=O)NCCCCCCCCCCC(=O)O.[NH2-].[Sc]. The van der Waals surface area contributed by atoms with Gasteiger partial charge >= 0.3 is 5.97 Å². The molecule has 6 heteroatoms. The van der Waals surface area contributed by atoms with Crippen molar-refractivity contribution in [3.63, 3.8) is 0 Å². The van der Waals surface area contributed by atoms with Gasteiger partial charge in [-0.05, 0) is 12.8 Å². The van der Waals surface area contributed by atoms with Gasteiger partial charge in [-0.15, -0.1) is 0 Å². The molecule has 0 spiro atoms. The van der Waals surface area contributed by atoms with E-state index in [-0.39, 0.29) is 37.9 Å². The molecule has 4 N–H and O–H groups in total. The van der Waals surface area contributed by atoms with E-state index in [4.69, 9.17) is 5.11 Å². The van der Waals surface area contributed by atoms with Gasteiger partial charge in [-0.2, -0.15) is 0 Å². The first-order chi connectivity index (χ1) is 8.13. The summed E-state index contributed by atoms with van der Waals surface area (Å²) in [5.41, 5.74) is 0. The van der Waals surface area contributed by atoms with Crippen molar-refractivity contribution in [2.24, 2.45) is 0 Å². The Labute approximate surface area is 135 Å². The first-order valence-electron chi connectivity index (χ1n) is 6.44. The molecule has 0 atom stereocenters. The number of carbonyl (C=O) groups excluding carboxylic acids is 1. The molecule has 19 heavy (non-hydrogen) atoms. The third-order valence-corrected chi connectivity index (χ3v) is 2.64. The minimum Gasteiger partial charge on any atom is -0.693 e. The minimum atomic E-state index is -0.697. The summed E-state index contributed by atoms with van der Waals surface area (Å²) in [6.07, 6.45) is 8.96. The van der Waals surface area contributed by atoms with E-state index in [0.29, 0.717) is 6.42 Å². The van der Waals surface area contributed by atoms with E-state index in [2.05, 4.69) is 12.2 Å². The molecule has 0 aromatic carbocycles. The van der Waals surface area contributed by atoms with E-state index < -0.39 is 5.97 Å². The minimum absolute atomic E-state index is 0. The molecule has 0 rings (SSSR count). The monoisotopic (exact) mass is 303 g/mol. The van der Waals surface area contributed by atoms with Gasteiger partial charge in [0.05, 0.1) is 5.91 Å². The summed E-state index contributed by atoms with van der Waals surface area (Å²) in [6.45, 7) is 3.96. The second-order valence-electron chi connectivity index (χ2n) is 4.32. The van der Waals surface area contributed by atoms with Crippen LogP contribution in [0.4, 0.5) is 0 Å². The summed E-state index contributed by atoms with van der Waals surface area (Å²) in [5.74, 6) is -0.902. The van der Waals surface area contributed by atoms with E-state index in [9.17, 15) is 9.59 Å². The number of carboxylic acids is 1. The standard InChI is InChI=1S/C13H24NO3.H2N.Sc/c1-12(15)14-11-9-7-5-3-2-4-6-8-10-13(16)17;;/h1-11H2,(H,14,15)(H,16,17);1H2;/q2*-1;. The molecule has 1 amide bonds. The van der Waals surface area contributed by atoms with Gasteiger partial charge in [0.15, 0.2) is 0 Å². The van der Waals surface area contributed by atoms with Crippen LogP contribution in [0.15, 0.2) is 0 Å². The van der Waals surface area contributed by atoms with Crippen LogP contribution in [0.5, 0.6) is 0 Å². The number of hydrogen-bond donors (Lipinski definition) is 2. The van der Waals surface area contributed by atoms with Gasteiger partial charge < -0.3 is 28.3 Å². The quantitative estimate of drug-likeness (QED) is 0.452. The summed E-state index contributed by atoms with van der Waals surface area (Å²) < 4.78 is 0. The predicted molar refractivity (Wildman–Crippen MR) is 72.8 cm³/mol. The van der Waals surface area contributed by atoms with E-state index >= 15 is 0 Å². The van der Waals surface area contributed by atoms with E-state index in [1.54, 1.807) is 0 Å². The maximum atomic E-state index is 10.5. The molecule has 0 aliphatic heterocycles. The zero-order valence-corrected chi connectivity index (χ0v) is 13.5. The van der Waals surface area contributed by atoms with Crippen LogP contribution in [0, 0.1) is 6.92 Å². The largest absolute Gasteiger partial charge is 0.693 e. The number of nitrogens with two attached hydrogens (primary N) is 1. The average molecular weight is 303 g/mol. The smallest absolute Gasteiger partial charge is 0.303 e. The average Bonchev–Trinajstić information content (AvgIpc) is 2.25. The van der Waals surface area contributed by atoms with Crippen molar-refractivity contribution >= 4 is 11.9 Å². The van der Waals surface area contributed by atoms with Crippen molar-refractivity contribution in [2.45, 2.75) is 57.8 Å². The van der Waals surface area contributed by atoms with E-state index in [1.165, 1.54) is 19.3 Å². The van der Waals surface area contributed by atoms with Crippen molar-refractivity contribution in [1.29, 1.82) is 0 Å². The van der Waals surface area contributed by atoms with Gasteiger partial charge in [0.1, 0.15) is 0 Å². The summed E-state index contributed by atoms with van der Waals surface area (Å²) in [4.78, 5) is 20.7. The fraction of sp³-hybridized carbons (Fsp3) is 0.769. The third kappa shape index (κ3) is 23.2. The summed E-state index contributed by atoms with van der Waals surface area (Å²) in [6, 6.07) is 0. The number of nitrogens with one attached hydrogen (secondary N) is 1. The van der Waals surface area contributed by atoms with Crippen LogP contribution in [-0.2, 0) is 35.4 Å². The van der Waals surface area contributed by atoms with Crippen LogP contribution in [-0.4, -0.2) is 23.5 Å². The van der Waals surface area contributed by atoms with Gasteiger partial charge in [0.25, 0.3) is 0 Å². The van der Waals surface area contributed by atoms with Crippen LogP contribution in [0.3, 0.4) is 0 Å². The maximum absolute atomic E-state index is 10.5. The molecule has 0 bridgehead atoms. The number of amides is 1. The van der Waals surface area contributed by atoms with Crippen molar-refractivity contribution in [2.75, 3.05) is 6.54 Å². The van der Waals surface area contributed by atoms with Gasteiger partial charge in [-0.25, -0.2) is 0 Å². The molecule has 5 nitrogen and oxygen atoms in total. The first kappa shape index (κ1) is 23.7. The van der Waals surface area contributed by atoms with E-state index in [1.807, 2.05) is 0 Å². The maximum Gasteiger partial charge on any atom is 0.303 e. The molecule has 0 fully saturated rings. The zero-order valence-electron chi connectivity index (χ0n) is 11.7. The number of carboxylic acid groups (broad SMARTS) is 1. The summed E-state index contributed by atoms with van der Waals surface area (Å²) >= 11 is 0. The Bertz CT molecular complexity index is 204. The predicted octanol–water partition coefficient (Wildman–Crippen LogP) is 3.25. The summed E-state index contributed by atoms with van der Waals surface area (Å²) in [7, 11) is 0. The van der Waals surface area contributed by atoms with Crippen LogP contribution in [0.2, 0.25) is 0 Å². The topological polar surface area (TPSA) is 99.9 Å². The Morgan fingerprint density at radius 1 is 0.895 bits per heavy atom. The van der Waals surface area contributed by atoms with Crippen molar-refractivity contribution in [1.82, 2.24) is 5.32 Å². The molecule has 0 aliphatic rings. The molecule has 0 saturated carbocycles. The number of carbonyl (C=O) groups is 2. The fourth-order valence-corrected chi connectivity index (χ4v) is 1.69. The number of unbranched alkanes of at least 4 members (excludes halogenated alkanes) is 7. The van der Waals surface area contributed by atoms with Gasteiger partial charge in [-0.3, -0.25) is 4.79 Å². The van der Waals surface area contributed by atoms with Crippen molar-refractivity contribution < 1.29 is 40.5 Å². The second-order valence-corrected chi connectivity index (χ2v) is 4.32. The summed E-state index contributed by atoms with van der Waals surface area (Å²) in [5, 5.41) is 11.1. The van der Waals surface area contributed by atoms with Crippen LogP contribution in [0.1, 0.15) is 57.8 Å². The Morgan fingerprint density at radius 2 is 1.32 bits per heavy atom. The number of rotatable bonds is 11. The molecule has 0 heterocycles. The first-order valence-corrected chi connectivity index (χ1v) is 6.44. The Balaban J connectivity index is -0.00000128.